The van der Waals surface area contributed by atoms with Gasteiger partial charge in [0.15, 0.2) is 10.9 Å². The van der Waals surface area contributed by atoms with E-state index in [1.54, 1.807) is 24.3 Å². The SMILES string of the molecule is CC(C)Cn1c(N)c(C(=O)CSc2nc3ccccc3c(=O)n2CCCO)c(=O)[nH]c1=O. The molecule has 10 nitrogen and oxygen atoms in total. The molecule has 3 aromatic rings. The Kier molecular flexibility index (Phi) is 7.31. The summed E-state index contributed by atoms with van der Waals surface area (Å²) in [7, 11) is 0. The number of hydrogen-bond donors (Lipinski definition) is 3. The molecule has 2 heterocycles. The quantitative estimate of drug-likeness (QED) is 0.242. The van der Waals surface area contributed by atoms with Gasteiger partial charge in [-0.15, -0.1) is 0 Å². The number of benzene rings is 1. The molecule has 0 unspecified atom stereocenters. The van der Waals surface area contributed by atoms with Crippen molar-refractivity contribution in [2.45, 2.75) is 38.5 Å². The summed E-state index contributed by atoms with van der Waals surface area (Å²) in [5, 5.41) is 9.91. The van der Waals surface area contributed by atoms with Gasteiger partial charge in [-0.05, 0) is 24.5 Å². The number of anilines is 1. The van der Waals surface area contributed by atoms with E-state index < -0.39 is 17.0 Å². The van der Waals surface area contributed by atoms with Gasteiger partial charge in [-0.2, -0.15) is 0 Å². The number of aromatic amines is 1. The van der Waals surface area contributed by atoms with Gasteiger partial charge >= 0.3 is 5.69 Å². The van der Waals surface area contributed by atoms with E-state index in [-0.39, 0.29) is 48.3 Å². The molecule has 0 spiro atoms. The number of H-pyrrole nitrogens is 1. The highest BCUT2D eigenvalue weighted by Gasteiger charge is 2.21. The Labute approximate surface area is 187 Å². The van der Waals surface area contributed by atoms with Crippen molar-refractivity contribution in [3.05, 3.63) is 61.0 Å². The van der Waals surface area contributed by atoms with E-state index in [1.807, 2.05) is 13.8 Å². The number of thioether (sulfide) groups is 1. The van der Waals surface area contributed by atoms with E-state index in [2.05, 4.69) is 9.97 Å². The molecule has 0 aliphatic carbocycles. The first-order valence-corrected chi connectivity index (χ1v) is 11.1. The van der Waals surface area contributed by atoms with Crippen molar-refractivity contribution in [1.82, 2.24) is 19.1 Å². The van der Waals surface area contributed by atoms with E-state index in [4.69, 9.17) is 5.73 Å². The van der Waals surface area contributed by atoms with Gasteiger partial charge in [0.25, 0.3) is 11.1 Å². The summed E-state index contributed by atoms with van der Waals surface area (Å²) in [4.78, 5) is 56.8. The third-order valence-corrected chi connectivity index (χ3v) is 5.74. The normalized spacial score (nSPS) is 11.4. The van der Waals surface area contributed by atoms with Crippen LogP contribution in [0.5, 0.6) is 0 Å². The van der Waals surface area contributed by atoms with Crippen LogP contribution in [0.1, 0.15) is 30.6 Å². The Morgan fingerprint density at radius 1 is 1.22 bits per heavy atom. The number of ketones is 1. The summed E-state index contributed by atoms with van der Waals surface area (Å²) in [6.07, 6.45) is 0.341. The maximum atomic E-state index is 12.9. The number of rotatable bonds is 9. The molecule has 0 saturated carbocycles. The Morgan fingerprint density at radius 3 is 2.62 bits per heavy atom. The van der Waals surface area contributed by atoms with Crippen LogP contribution in [0, 0.1) is 5.92 Å². The molecule has 3 rings (SSSR count). The van der Waals surface area contributed by atoms with Crippen molar-refractivity contribution in [1.29, 1.82) is 0 Å². The molecule has 0 bridgehead atoms. The smallest absolute Gasteiger partial charge is 0.329 e. The number of nitrogen functional groups attached to an aromatic ring is 1. The molecule has 0 fully saturated rings. The van der Waals surface area contributed by atoms with Crippen LogP contribution in [0.15, 0.2) is 43.8 Å². The lowest BCUT2D eigenvalue weighted by Crippen LogP contribution is -2.37. The van der Waals surface area contributed by atoms with Gasteiger partial charge in [0, 0.05) is 19.7 Å². The fourth-order valence-electron chi connectivity index (χ4n) is 3.29. The first-order chi connectivity index (χ1) is 15.2. The molecular formula is C21H25N5O5S. The molecule has 4 N–H and O–H groups in total. The Morgan fingerprint density at radius 2 is 1.94 bits per heavy atom. The number of Topliss-reactive ketones (excluding diaryl/α,β-unsaturated/α-hetero) is 1. The molecule has 2 aromatic heterocycles. The maximum Gasteiger partial charge on any atom is 0.329 e. The van der Waals surface area contributed by atoms with Crippen LogP contribution >= 0.6 is 11.8 Å². The number of carbonyl (C=O) groups is 1. The summed E-state index contributed by atoms with van der Waals surface area (Å²) >= 11 is 0.996. The number of para-hydroxylation sites is 1. The maximum absolute atomic E-state index is 12.9. The molecule has 11 heteroatoms. The van der Waals surface area contributed by atoms with Gasteiger partial charge in [0.05, 0.1) is 16.7 Å². The van der Waals surface area contributed by atoms with Gasteiger partial charge in [-0.3, -0.25) is 28.5 Å². The van der Waals surface area contributed by atoms with Crippen molar-refractivity contribution < 1.29 is 9.90 Å². The molecule has 0 aliphatic heterocycles. The van der Waals surface area contributed by atoms with Gasteiger partial charge < -0.3 is 10.8 Å². The molecule has 0 saturated heterocycles. The number of aliphatic hydroxyl groups excluding tert-OH is 1. The predicted molar refractivity (Wildman–Crippen MR) is 123 cm³/mol. The average molecular weight is 460 g/mol. The predicted octanol–water partition coefficient (Wildman–Crippen LogP) is 0.842. The summed E-state index contributed by atoms with van der Waals surface area (Å²) in [6, 6.07) is 6.85. The highest BCUT2D eigenvalue weighted by molar-refractivity contribution is 7.99. The minimum atomic E-state index is -0.845. The topological polar surface area (TPSA) is 153 Å². The third-order valence-electron chi connectivity index (χ3n) is 4.76. The zero-order valence-corrected chi connectivity index (χ0v) is 18.6. The van der Waals surface area contributed by atoms with Gasteiger partial charge in [0.2, 0.25) is 0 Å². The zero-order valence-electron chi connectivity index (χ0n) is 17.8. The number of aliphatic hydroxyl groups is 1. The summed E-state index contributed by atoms with van der Waals surface area (Å²) in [5.74, 6) is -0.901. The van der Waals surface area contributed by atoms with Crippen molar-refractivity contribution in [2.75, 3.05) is 18.1 Å². The van der Waals surface area contributed by atoms with Crippen LogP contribution in [0.2, 0.25) is 0 Å². The first-order valence-electron chi connectivity index (χ1n) is 10.1. The second-order valence-corrected chi connectivity index (χ2v) is 8.62. The zero-order chi connectivity index (χ0) is 23.4. The van der Waals surface area contributed by atoms with E-state index in [9.17, 15) is 24.3 Å². The number of nitrogens with two attached hydrogens (primary N) is 1. The minimum Gasteiger partial charge on any atom is -0.396 e. The van der Waals surface area contributed by atoms with E-state index >= 15 is 0 Å². The van der Waals surface area contributed by atoms with Gasteiger partial charge in [0.1, 0.15) is 11.4 Å². The largest absolute Gasteiger partial charge is 0.396 e. The fraction of sp³-hybridized carbons (Fsp3) is 0.381. The molecule has 170 valence electrons. The molecule has 0 aliphatic rings. The lowest BCUT2D eigenvalue weighted by Gasteiger charge is -2.14. The molecular weight excluding hydrogens is 434 g/mol. The lowest BCUT2D eigenvalue weighted by molar-refractivity contribution is 0.102. The van der Waals surface area contributed by atoms with E-state index in [0.717, 1.165) is 11.8 Å². The number of nitrogens with one attached hydrogen (secondary N) is 1. The molecule has 32 heavy (non-hydrogen) atoms. The fourth-order valence-corrected chi connectivity index (χ4v) is 4.19. The summed E-state index contributed by atoms with van der Waals surface area (Å²) in [5.41, 5.74) is 4.42. The molecule has 1 aromatic carbocycles. The minimum absolute atomic E-state index is 0.0704. The monoisotopic (exact) mass is 459 g/mol. The average Bonchev–Trinajstić information content (AvgIpc) is 2.74. The van der Waals surface area contributed by atoms with Crippen molar-refractivity contribution in [3.63, 3.8) is 0 Å². The van der Waals surface area contributed by atoms with Gasteiger partial charge in [-0.1, -0.05) is 37.7 Å². The van der Waals surface area contributed by atoms with Crippen LogP contribution in [0.3, 0.4) is 0 Å². The molecule has 0 radical (unpaired) electrons. The Bertz CT molecular complexity index is 1320. The Balaban J connectivity index is 1.96. The van der Waals surface area contributed by atoms with Crippen LogP contribution in [-0.2, 0) is 13.1 Å². The number of nitrogens with zero attached hydrogens (tertiary/aromatic N) is 3. The van der Waals surface area contributed by atoms with Crippen molar-refractivity contribution in [3.8, 4) is 0 Å². The van der Waals surface area contributed by atoms with Crippen LogP contribution in [0.25, 0.3) is 10.9 Å². The van der Waals surface area contributed by atoms with Crippen molar-refractivity contribution >= 4 is 34.3 Å². The number of hydrogen-bond acceptors (Lipinski definition) is 8. The summed E-state index contributed by atoms with van der Waals surface area (Å²) < 4.78 is 2.58. The second kappa shape index (κ2) is 9.96. The van der Waals surface area contributed by atoms with E-state index in [1.165, 1.54) is 9.13 Å². The molecule has 0 atom stereocenters. The van der Waals surface area contributed by atoms with Crippen LogP contribution in [0.4, 0.5) is 5.82 Å². The summed E-state index contributed by atoms with van der Waals surface area (Å²) in [6.45, 7) is 4.13. The van der Waals surface area contributed by atoms with Gasteiger partial charge in [-0.25, -0.2) is 9.78 Å². The van der Waals surface area contributed by atoms with Crippen molar-refractivity contribution in [2.24, 2.45) is 5.92 Å². The lowest BCUT2D eigenvalue weighted by atomic mass is 10.2. The third kappa shape index (κ3) is 4.83. The van der Waals surface area contributed by atoms with Crippen LogP contribution < -0.4 is 22.5 Å². The number of carbonyl (C=O) groups excluding carboxylic acids is 1. The molecule has 0 amide bonds. The number of fused-ring (bicyclic) bond motifs is 1. The van der Waals surface area contributed by atoms with E-state index in [0.29, 0.717) is 22.5 Å². The first kappa shape index (κ1) is 23.5. The highest BCUT2D eigenvalue weighted by Crippen LogP contribution is 2.20. The second-order valence-electron chi connectivity index (χ2n) is 7.68. The Hall–Kier alpha value is -3.18. The van der Waals surface area contributed by atoms with Crippen LogP contribution in [-0.4, -0.2) is 42.4 Å². The standard InChI is InChI=1S/C21H25N5O5S/c1-12(2)10-26-17(22)16(18(29)24-20(26)31)15(28)11-32-21-23-14-7-4-3-6-13(14)19(30)25(21)8-5-9-27/h3-4,6-7,12,27H,5,8-11,22H2,1-2H3,(H,24,29,31). The number of aromatic nitrogens is 4. The highest BCUT2D eigenvalue weighted by atomic mass is 32.2.